The number of carboxylic acid groups (broad SMARTS) is 2. The number of thioether (sulfide) groups is 1. The van der Waals surface area contributed by atoms with Crippen LogP contribution in [-0.2, 0) is 30.4 Å². The molecule has 0 bridgehead atoms. The van der Waals surface area contributed by atoms with Crippen molar-refractivity contribution in [2.75, 3.05) is 12.0 Å². The molecule has 0 aliphatic rings. The third kappa shape index (κ3) is 11.5. The summed E-state index contributed by atoms with van der Waals surface area (Å²) in [6, 6.07) is 4.23. The summed E-state index contributed by atoms with van der Waals surface area (Å²) in [6.07, 6.45) is 1.73. The highest BCUT2D eigenvalue weighted by atomic mass is 32.2. The molecule has 0 aliphatic heterocycles. The van der Waals surface area contributed by atoms with Crippen molar-refractivity contribution < 1.29 is 34.2 Å². The molecule has 36 heavy (non-hydrogen) atoms. The van der Waals surface area contributed by atoms with Gasteiger partial charge in [-0.2, -0.15) is 11.8 Å². The van der Waals surface area contributed by atoms with Crippen LogP contribution in [0.5, 0.6) is 0 Å². The number of benzene rings is 1. The molecule has 11 nitrogen and oxygen atoms in total. The maximum atomic E-state index is 13.1. The van der Waals surface area contributed by atoms with Crippen molar-refractivity contribution in [1.29, 1.82) is 0 Å². The van der Waals surface area contributed by atoms with Gasteiger partial charge in [0, 0.05) is 6.42 Å². The lowest BCUT2D eigenvalue weighted by Gasteiger charge is -2.25. The Kier molecular flexibility index (Phi) is 13.6. The van der Waals surface area contributed by atoms with Crippen molar-refractivity contribution in [3.8, 4) is 0 Å². The van der Waals surface area contributed by atoms with Gasteiger partial charge < -0.3 is 31.9 Å². The fraction of sp³-hybridized carbons (Fsp3) is 0.542. The lowest BCUT2D eigenvalue weighted by Crippen LogP contribution is -2.58. The van der Waals surface area contributed by atoms with Gasteiger partial charge in [-0.1, -0.05) is 44.2 Å². The smallest absolute Gasteiger partial charge is 0.326 e. The van der Waals surface area contributed by atoms with Crippen molar-refractivity contribution in [3.05, 3.63) is 35.9 Å². The van der Waals surface area contributed by atoms with Gasteiger partial charge in [0.05, 0.1) is 12.5 Å². The van der Waals surface area contributed by atoms with Gasteiger partial charge in [0.25, 0.3) is 0 Å². The standard InChI is InChI=1S/C24H36N4O7S/c1-14(2)11-19(24(34)35)28-23(33)18(12-15-7-5-4-6-8-15)27-22(32)17(9-10-36-3)26-21(31)16(25)13-20(29)30/h4-8,14,16-19H,9-13,25H2,1-3H3,(H,26,31)(H,27,32)(H,28,33)(H,29,30)(H,34,35). The minimum Gasteiger partial charge on any atom is -0.481 e. The second-order valence-electron chi connectivity index (χ2n) is 8.83. The van der Waals surface area contributed by atoms with Gasteiger partial charge in [0.2, 0.25) is 17.7 Å². The minimum absolute atomic E-state index is 0.00899. The molecule has 1 aromatic carbocycles. The van der Waals surface area contributed by atoms with Crippen molar-refractivity contribution in [2.24, 2.45) is 11.7 Å². The molecule has 200 valence electrons. The van der Waals surface area contributed by atoms with Gasteiger partial charge >= 0.3 is 11.9 Å². The largest absolute Gasteiger partial charge is 0.481 e. The van der Waals surface area contributed by atoms with E-state index >= 15 is 0 Å². The SMILES string of the molecule is CSCCC(NC(=O)C(N)CC(=O)O)C(=O)NC(Cc1ccccc1)C(=O)NC(CC(C)C)C(=O)O. The van der Waals surface area contributed by atoms with Crippen molar-refractivity contribution in [1.82, 2.24) is 16.0 Å². The molecule has 0 fully saturated rings. The number of hydrogen-bond acceptors (Lipinski definition) is 7. The molecule has 1 rings (SSSR count). The van der Waals surface area contributed by atoms with Crippen molar-refractivity contribution in [2.45, 2.75) is 63.7 Å². The Hall–Kier alpha value is -3.12. The average Bonchev–Trinajstić information content (AvgIpc) is 2.80. The van der Waals surface area contributed by atoms with Gasteiger partial charge in [-0.25, -0.2) is 4.79 Å². The highest BCUT2D eigenvalue weighted by Crippen LogP contribution is 2.09. The lowest BCUT2D eigenvalue weighted by molar-refractivity contribution is -0.142. The molecule has 0 aliphatic carbocycles. The predicted molar refractivity (Wildman–Crippen MR) is 136 cm³/mol. The lowest BCUT2D eigenvalue weighted by atomic mass is 10.0. The number of rotatable bonds is 16. The number of nitrogens with one attached hydrogen (secondary N) is 3. The van der Waals surface area contributed by atoms with E-state index in [4.69, 9.17) is 10.8 Å². The van der Waals surface area contributed by atoms with Crippen LogP contribution >= 0.6 is 11.8 Å². The van der Waals surface area contributed by atoms with E-state index in [0.29, 0.717) is 5.75 Å². The van der Waals surface area contributed by atoms with Gasteiger partial charge in [-0.05, 0) is 36.3 Å². The summed E-state index contributed by atoms with van der Waals surface area (Å²) in [5.41, 5.74) is 6.36. The highest BCUT2D eigenvalue weighted by molar-refractivity contribution is 7.98. The van der Waals surface area contributed by atoms with E-state index in [1.165, 1.54) is 11.8 Å². The second-order valence-corrected chi connectivity index (χ2v) is 9.81. The topological polar surface area (TPSA) is 188 Å². The Bertz CT molecular complexity index is 898. The van der Waals surface area contributed by atoms with Crippen LogP contribution < -0.4 is 21.7 Å². The van der Waals surface area contributed by atoms with Crippen LogP contribution in [0.1, 0.15) is 38.7 Å². The first-order chi connectivity index (χ1) is 16.9. The van der Waals surface area contributed by atoms with E-state index in [0.717, 1.165) is 5.56 Å². The van der Waals surface area contributed by atoms with E-state index in [1.807, 2.05) is 20.1 Å². The summed E-state index contributed by atoms with van der Waals surface area (Å²) in [4.78, 5) is 61.1. The molecule has 0 saturated carbocycles. The third-order valence-corrected chi connectivity index (χ3v) is 5.86. The Morgan fingerprint density at radius 3 is 1.97 bits per heavy atom. The number of carboxylic acids is 2. The van der Waals surface area contributed by atoms with Gasteiger partial charge in [-0.15, -0.1) is 0 Å². The Balaban J connectivity index is 3.10. The normalized spacial score (nSPS) is 14.2. The fourth-order valence-corrected chi connectivity index (χ4v) is 3.83. The van der Waals surface area contributed by atoms with E-state index in [-0.39, 0.29) is 25.2 Å². The number of carbonyl (C=O) groups excluding carboxylic acids is 3. The highest BCUT2D eigenvalue weighted by Gasteiger charge is 2.31. The first kappa shape index (κ1) is 30.9. The van der Waals surface area contributed by atoms with E-state index in [9.17, 15) is 29.1 Å². The molecule has 0 aromatic heterocycles. The summed E-state index contributed by atoms with van der Waals surface area (Å²) < 4.78 is 0. The van der Waals surface area contributed by atoms with Crippen LogP contribution in [0.2, 0.25) is 0 Å². The van der Waals surface area contributed by atoms with Crippen LogP contribution in [0.15, 0.2) is 30.3 Å². The zero-order valence-electron chi connectivity index (χ0n) is 20.7. The van der Waals surface area contributed by atoms with Crippen molar-refractivity contribution >= 4 is 41.4 Å². The molecule has 0 heterocycles. The molecular formula is C24H36N4O7S. The van der Waals surface area contributed by atoms with Crippen molar-refractivity contribution in [3.63, 3.8) is 0 Å². The number of carbonyl (C=O) groups is 5. The number of nitrogens with two attached hydrogens (primary N) is 1. The van der Waals surface area contributed by atoms with Crippen LogP contribution in [0.3, 0.4) is 0 Å². The molecule has 1 aromatic rings. The Morgan fingerprint density at radius 1 is 0.889 bits per heavy atom. The molecule has 0 radical (unpaired) electrons. The van der Waals surface area contributed by atoms with Crippen LogP contribution in [-0.4, -0.2) is 76.0 Å². The summed E-state index contributed by atoms with van der Waals surface area (Å²) in [5, 5.41) is 26.0. The molecule has 0 spiro atoms. The summed E-state index contributed by atoms with van der Waals surface area (Å²) in [5.74, 6) is -4.06. The minimum atomic E-state index is -1.34. The molecule has 0 saturated heterocycles. The van der Waals surface area contributed by atoms with Crippen LogP contribution in [0.4, 0.5) is 0 Å². The molecule has 12 heteroatoms. The summed E-state index contributed by atoms with van der Waals surface area (Å²) in [7, 11) is 0. The molecule has 7 N–H and O–H groups in total. The zero-order valence-corrected chi connectivity index (χ0v) is 21.5. The third-order valence-electron chi connectivity index (χ3n) is 5.21. The fourth-order valence-electron chi connectivity index (χ4n) is 3.36. The van der Waals surface area contributed by atoms with E-state index in [1.54, 1.807) is 30.3 Å². The number of hydrogen-bond donors (Lipinski definition) is 6. The molecule has 3 amide bonds. The average molecular weight is 525 g/mol. The molecular weight excluding hydrogens is 488 g/mol. The zero-order chi connectivity index (χ0) is 27.3. The predicted octanol–water partition coefficient (Wildman–Crippen LogP) is 0.369. The first-order valence-corrected chi connectivity index (χ1v) is 13.0. The van der Waals surface area contributed by atoms with E-state index < -0.39 is 60.2 Å². The van der Waals surface area contributed by atoms with Gasteiger partial charge in [0.1, 0.15) is 18.1 Å². The molecule has 4 unspecified atom stereocenters. The Labute approximate surface area is 215 Å². The van der Waals surface area contributed by atoms with Crippen LogP contribution in [0, 0.1) is 5.92 Å². The van der Waals surface area contributed by atoms with E-state index in [2.05, 4.69) is 16.0 Å². The first-order valence-electron chi connectivity index (χ1n) is 11.6. The summed E-state index contributed by atoms with van der Waals surface area (Å²) >= 11 is 1.44. The maximum absolute atomic E-state index is 13.1. The van der Waals surface area contributed by atoms with Gasteiger partial charge in [-0.3, -0.25) is 19.2 Å². The molecule has 4 atom stereocenters. The van der Waals surface area contributed by atoms with Gasteiger partial charge in [0.15, 0.2) is 0 Å². The number of aliphatic carboxylic acids is 2. The summed E-state index contributed by atoms with van der Waals surface area (Å²) in [6.45, 7) is 3.67. The number of amides is 3. The van der Waals surface area contributed by atoms with Crippen LogP contribution in [0.25, 0.3) is 0 Å². The Morgan fingerprint density at radius 2 is 1.44 bits per heavy atom. The maximum Gasteiger partial charge on any atom is 0.326 e. The monoisotopic (exact) mass is 524 g/mol. The quantitative estimate of drug-likeness (QED) is 0.177. The second kappa shape index (κ2) is 15.8.